The highest BCUT2D eigenvalue weighted by atomic mass is 31.2. The van der Waals surface area contributed by atoms with Crippen LogP contribution >= 0.6 is 16.1 Å². The van der Waals surface area contributed by atoms with Crippen molar-refractivity contribution in [3.8, 4) is 6.07 Å². The van der Waals surface area contributed by atoms with Crippen molar-refractivity contribution in [2.45, 2.75) is 109 Å². The van der Waals surface area contributed by atoms with E-state index in [1.807, 2.05) is 39.9 Å². The number of imidazole rings is 2. The minimum atomic E-state index is -4.74. The van der Waals surface area contributed by atoms with Crippen molar-refractivity contribution in [3.05, 3.63) is 65.2 Å². The van der Waals surface area contributed by atoms with Crippen molar-refractivity contribution >= 4 is 70.3 Å². The van der Waals surface area contributed by atoms with Gasteiger partial charge in [0.25, 0.3) is 11.5 Å². The van der Waals surface area contributed by atoms with E-state index in [0.717, 1.165) is 0 Å². The molecular weight excluding hydrogens is 949 g/mol. The number of amides is 2. The molecule has 2 aliphatic rings. The molecular formula is C40H53N11O14P2Si. The number of carbonyl (C=O) groups excluding carboxylic acids is 2. The van der Waals surface area contributed by atoms with Crippen LogP contribution < -0.4 is 16.2 Å². The Morgan fingerprint density at radius 1 is 1.03 bits per heavy atom. The molecule has 366 valence electrons. The fourth-order valence-electron chi connectivity index (χ4n) is 7.10. The number of anilines is 2. The van der Waals surface area contributed by atoms with Crippen LogP contribution in [0, 0.1) is 17.2 Å². The summed E-state index contributed by atoms with van der Waals surface area (Å²) in [7, 11) is -11.3. The number of aromatic amines is 1. The molecule has 25 nitrogen and oxygen atoms in total. The molecule has 0 saturated carbocycles. The molecule has 6 heterocycles. The predicted octanol–water partition coefficient (Wildman–Crippen LogP) is 4.58. The molecule has 7 rings (SSSR count). The zero-order chi connectivity index (χ0) is 49.1. The van der Waals surface area contributed by atoms with E-state index < -0.39 is 116 Å². The van der Waals surface area contributed by atoms with Gasteiger partial charge in [0.05, 0.1) is 45.0 Å². The Kier molecular flexibility index (Phi) is 15.6. The van der Waals surface area contributed by atoms with E-state index in [4.69, 9.17) is 32.0 Å². The van der Waals surface area contributed by atoms with Crippen molar-refractivity contribution in [2.75, 3.05) is 30.5 Å². The molecule has 0 bridgehead atoms. The molecule has 68 heavy (non-hydrogen) atoms. The summed E-state index contributed by atoms with van der Waals surface area (Å²) in [6.07, 6.45) is -4.83. The lowest BCUT2D eigenvalue weighted by atomic mass is 10.1. The largest absolute Gasteiger partial charge is 0.475 e. The van der Waals surface area contributed by atoms with Crippen LogP contribution in [0.1, 0.15) is 70.3 Å². The number of aliphatic hydroxyl groups excluding tert-OH is 1. The zero-order valence-electron chi connectivity index (χ0n) is 38.1. The fraction of sp³-hybridized carbons (Fsp3) is 0.525. The van der Waals surface area contributed by atoms with Gasteiger partial charge in [0, 0.05) is 17.9 Å². The van der Waals surface area contributed by atoms with Gasteiger partial charge in [-0.3, -0.25) is 56.5 Å². The second kappa shape index (κ2) is 20.8. The Hall–Kier alpha value is -5.13. The van der Waals surface area contributed by atoms with Crippen LogP contribution in [0.15, 0.2) is 54.1 Å². The summed E-state index contributed by atoms with van der Waals surface area (Å²) in [6.45, 7) is 11.4. The van der Waals surface area contributed by atoms with Gasteiger partial charge >= 0.3 is 16.1 Å². The number of benzene rings is 1. The molecule has 9 atom stereocenters. The average Bonchev–Trinajstić information content (AvgIpc) is 4.08. The first-order chi connectivity index (χ1) is 32.2. The van der Waals surface area contributed by atoms with Gasteiger partial charge in [0.2, 0.25) is 11.9 Å². The Balaban J connectivity index is 1.17. The van der Waals surface area contributed by atoms with Gasteiger partial charge in [0.15, 0.2) is 42.7 Å². The first-order valence-corrected chi connectivity index (χ1v) is 27.1. The third kappa shape index (κ3) is 11.2. The van der Waals surface area contributed by atoms with Gasteiger partial charge in [-0.25, -0.2) is 24.5 Å². The van der Waals surface area contributed by atoms with Crippen LogP contribution in [0.2, 0.25) is 18.1 Å². The number of ether oxygens (including phenoxy) is 2. The highest BCUT2D eigenvalue weighted by Crippen LogP contribution is 2.54. The molecule has 0 radical (unpaired) electrons. The van der Waals surface area contributed by atoms with Gasteiger partial charge in [-0.2, -0.15) is 10.2 Å². The standard InChI is InChI=1S/C40H53N11O14P2Si/c1-22(2)35(53)48-39-47-34-29(37(55)49-39)45-21-51(34)38-31(63-66(56)57)30(65-68(6,7)40(3,4)5)26(62-38)18-60-67(58,59-15-11-14-41)64-24-16-27(61-25(24)17-52)50-20-44-28-32(42-19-43-33(28)50)46-36(54)23-12-9-8-10-13-23/h8-10,12-13,19-22,24-27,30-31,38,52,66H,11,15-18H2,1-7H3,(H,56,57)(H,42,43,46,54)(H2,47,48,49,53,55)/t24-,25+,26+,27+,30+,31+,38+,67?/m0/s1. The first-order valence-electron chi connectivity index (χ1n) is 21.5. The van der Waals surface area contributed by atoms with Gasteiger partial charge in [0.1, 0.15) is 43.1 Å². The van der Waals surface area contributed by atoms with Crippen LogP contribution in [0.5, 0.6) is 0 Å². The summed E-state index contributed by atoms with van der Waals surface area (Å²) in [4.78, 5) is 73.0. The first kappa shape index (κ1) is 50.7. The summed E-state index contributed by atoms with van der Waals surface area (Å²) in [5, 5.41) is 24.7. The predicted molar refractivity (Wildman–Crippen MR) is 244 cm³/mol. The maximum atomic E-state index is 14.7. The smallest absolute Gasteiger partial charge is 0.408 e. The van der Waals surface area contributed by atoms with E-state index in [9.17, 15) is 38.8 Å². The van der Waals surface area contributed by atoms with E-state index >= 15 is 0 Å². The second-order valence-corrected chi connectivity index (χ2v) is 24.8. The number of rotatable bonds is 19. The molecule has 0 spiro atoms. The highest BCUT2D eigenvalue weighted by molar-refractivity contribution is 7.48. The van der Waals surface area contributed by atoms with Crippen LogP contribution in [0.3, 0.4) is 0 Å². The zero-order valence-corrected chi connectivity index (χ0v) is 41.0. The van der Waals surface area contributed by atoms with Crippen LogP contribution in [-0.2, 0) is 45.9 Å². The van der Waals surface area contributed by atoms with Crippen molar-refractivity contribution in [2.24, 2.45) is 5.92 Å². The second-order valence-electron chi connectivity index (χ2n) is 17.7. The van der Waals surface area contributed by atoms with Crippen molar-refractivity contribution in [1.29, 1.82) is 5.26 Å². The van der Waals surface area contributed by atoms with Crippen LogP contribution in [0.4, 0.5) is 11.8 Å². The molecule has 1 aromatic carbocycles. The van der Waals surface area contributed by atoms with E-state index in [0.29, 0.717) is 5.56 Å². The lowest BCUT2D eigenvalue weighted by Gasteiger charge is -2.40. The number of aromatic nitrogens is 8. The summed E-state index contributed by atoms with van der Waals surface area (Å²) in [6, 6.07) is 10.4. The van der Waals surface area contributed by atoms with Crippen molar-refractivity contribution < 1.29 is 60.7 Å². The topological polar surface area (TPSA) is 328 Å². The number of nitrogens with zero attached hydrogens (tertiary/aromatic N) is 8. The lowest BCUT2D eigenvalue weighted by molar-refractivity contribution is -0.118. The van der Waals surface area contributed by atoms with Gasteiger partial charge in [-0.15, -0.1) is 0 Å². The third-order valence-electron chi connectivity index (χ3n) is 11.7. The lowest BCUT2D eigenvalue weighted by Crippen LogP contribution is -2.50. The summed E-state index contributed by atoms with van der Waals surface area (Å²) < 4.78 is 73.0. The van der Waals surface area contributed by atoms with Crippen molar-refractivity contribution in [1.82, 2.24) is 39.0 Å². The minimum absolute atomic E-state index is 0.0550. The van der Waals surface area contributed by atoms with E-state index in [2.05, 4.69) is 40.5 Å². The third-order valence-corrected chi connectivity index (χ3v) is 18.1. The number of phosphoric acid groups is 1. The summed E-state index contributed by atoms with van der Waals surface area (Å²) in [5.41, 5.74) is -0.0414. The average molecular weight is 1000 g/mol. The maximum absolute atomic E-state index is 14.7. The van der Waals surface area contributed by atoms with Gasteiger partial charge < -0.3 is 29.2 Å². The van der Waals surface area contributed by atoms with Crippen molar-refractivity contribution in [3.63, 3.8) is 0 Å². The van der Waals surface area contributed by atoms with E-state index in [1.165, 1.54) is 28.1 Å². The van der Waals surface area contributed by atoms with Crippen LogP contribution in [-0.4, -0.2) is 120 Å². The summed E-state index contributed by atoms with van der Waals surface area (Å²) >= 11 is 0. The molecule has 2 unspecified atom stereocenters. The molecule has 5 aromatic rings. The molecule has 2 saturated heterocycles. The summed E-state index contributed by atoms with van der Waals surface area (Å²) in [5.74, 6) is -1.38. The van der Waals surface area contributed by atoms with E-state index in [-0.39, 0.29) is 46.9 Å². The monoisotopic (exact) mass is 1000 g/mol. The molecule has 5 N–H and O–H groups in total. The van der Waals surface area contributed by atoms with E-state index in [1.54, 1.807) is 44.2 Å². The molecule has 4 aromatic heterocycles. The Morgan fingerprint density at radius 3 is 2.43 bits per heavy atom. The molecule has 0 aliphatic carbocycles. The minimum Gasteiger partial charge on any atom is -0.408 e. The Morgan fingerprint density at radius 2 is 1.75 bits per heavy atom. The SMILES string of the molecule is CC(C)C(=O)Nc1nc2c(ncn2[C@@H]2O[C@H](COP(=O)(OCCC#N)O[C@H]3C[C@H](n4cnc5c(NC(=O)c6ccccc6)ncnc54)O[C@@H]3CO)[C@@H](O[Si](C)(C)C(C)(C)C)[C@H]2O[PH](=O)O)c(=O)[nH]1. The van der Waals surface area contributed by atoms with Gasteiger partial charge in [-0.1, -0.05) is 52.8 Å². The Labute approximate surface area is 390 Å². The number of nitriles is 1. The number of hydrogen-bond donors (Lipinski definition) is 5. The Bertz CT molecular complexity index is 2800. The van der Waals surface area contributed by atoms with Gasteiger partial charge in [-0.05, 0) is 30.3 Å². The number of carbonyl (C=O) groups is 2. The van der Waals surface area contributed by atoms with Crippen LogP contribution in [0.25, 0.3) is 22.3 Å². The number of fused-ring (bicyclic) bond motifs is 2. The molecule has 2 amide bonds. The molecule has 28 heteroatoms. The normalized spacial score (nSPS) is 23.5. The number of hydrogen-bond acceptors (Lipinski definition) is 19. The number of nitrogens with one attached hydrogen (secondary N) is 3. The fourth-order valence-corrected chi connectivity index (χ4v) is 10.3. The molecule has 2 aliphatic heterocycles. The highest BCUT2D eigenvalue weighted by Gasteiger charge is 2.54. The molecule has 2 fully saturated rings. The number of H-pyrrole nitrogens is 1. The number of aliphatic hydroxyl groups is 1. The quantitative estimate of drug-likeness (QED) is 0.0429. The maximum Gasteiger partial charge on any atom is 0.475 e. The number of phosphoric ester groups is 1.